The van der Waals surface area contributed by atoms with E-state index in [4.69, 9.17) is 15.3 Å². The number of nitrogens with two attached hydrogens (primary N) is 1. The molecule has 3 rings (SSSR count). The lowest BCUT2D eigenvalue weighted by atomic mass is 9.87. The fourth-order valence-electron chi connectivity index (χ4n) is 2.84. The van der Waals surface area contributed by atoms with E-state index in [2.05, 4.69) is 31.5 Å². The number of rotatable bonds is 5. The summed E-state index contributed by atoms with van der Waals surface area (Å²) in [4.78, 5) is 40.1. The van der Waals surface area contributed by atoms with E-state index in [0.29, 0.717) is 16.0 Å². The summed E-state index contributed by atoms with van der Waals surface area (Å²) < 4.78 is 6.21. The molecule has 0 bridgehead atoms. The van der Waals surface area contributed by atoms with E-state index in [-0.39, 0.29) is 17.1 Å². The van der Waals surface area contributed by atoms with Crippen molar-refractivity contribution in [2.75, 3.05) is 5.32 Å². The van der Waals surface area contributed by atoms with Crippen molar-refractivity contribution in [3.8, 4) is 0 Å². The van der Waals surface area contributed by atoms with Crippen LogP contribution < -0.4 is 16.4 Å². The average Bonchev–Trinajstić information content (AvgIpc) is 3.24. The van der Waals surface area contributed by atoms with Crippen molar-refractivity contribution in [3.63, 3.8) is 0 Å². The number of primary amides is 1. The Balaban J connectivity index is 1.94. The first kappa shape index (κ1) is 21.8. The van der Waals surface area contributed by atoms with Gasteiger partial charge >= 0.3 is 6.09 Å². The summed E-state index contributed by atoms with van der Waals surface area (Å²) in [5, 5.41) is 16.7. The highest BCUT2D eigenvalue weighted by Crippen LogP contribution is 2.36. The van der Waals surface area contributed by atoms with Gasteiger partial charge in [0.2, 0.25) is 5.76 Å². The number of carboxylic acid groups (broad SMARTS) is 1. The monoisotopic (exact) mass is 494 g/mol. The minimum atomic E-state index is -1.18. The maximum Gasteiger partial charge on any atom is 0.405 e. The second-order valence-corrected chi connectivity index (χ2v) is 9.39. The summed E-state index contributed by atoms with van der Waals surface area (Å²) in [6.07, 6.45) is -1.18. The van der Waals surface area contributed by atoms with Crippen LogP contribution in [0.2, 0.25) is 0 Å². The van der Waals surface area contributed by atoms with Crippen molar-refractivity contribution in [2.24, 2.45) is 11.1 Å². The first-order valence-corrected chi connectivity index (χ1v) is 10.4. The number of furan rings is 1. The molecule has 1 aromatic carbocycles. The number of benzene rings is 1. The van der Waals surface area contributed by atoms with E-state index >= 15 is 0 Å². The third-order valence-electron chi connectivity index (χ3n) is 4.25. The molecule has 0 aliphatic heterocycles. The summed E-state index contributed by atoms with van der Waals surface area (Å²) in [6, 6.07) is 4.47. The Bertz CT molecular complexity index is 1150. The quantitative estimate of drug-likeness (QED) is 0.414. The van der Waals surface area contributed by atoms with Crippen molar-refractivity contribution >= 4 is 61.8 Å². The number of amides is 3. The molecule has 0 fully saturated rings. The Morgan fingerprint density at radius 3 is 2.60 bits per heavy atom. The number of nitrogens with zero attached hydrogens (tertiary/aromatic N) is 1. The molecule has 0 spiro atoms. The van der Waals surface area contributed by atoms with E-state index in [0.717, 1.165) is 15.8 Å². The van der Waals surface area contributed by atoms with Crippen LogP contribution in [0.1, 0.15) is 52.9 Å². The van der Waals surface area contributed by atoms with Gasteiger partial charge < -0.3 is 25.9 Å². The molecular weight excluding hydrogens is 476 g/mol. The van der Waals surface area contributed by atoms with Crippen molar-refractivity contribution in [1.29, 1.82) is 0 Å². The molecule has 0 radical (unpaired) electrons. The maximum atomic E-state index is 12.8. The highest BCUT2D eigenvalue weighted by Gasteiger charge is 2.31. The third-order valence-corrected chi connectivity index (χ3v) is 5.65. The number of hydrogen-bond donors (Lipinski definition) is 4. The second kappa shape index (κ2) is 8.07. The number of carbonyl (C=O) groups excluding carboxylic acids is 2. The molecule has 3 amide bonds. The van der Waals surface area contributed by atoms with Gasteiger partial charge in [-0.2, -0.15) is 0 Å². The molecule has 0 saturated heterocycles. The van der Waals surface area contributed by atoms with Gasteiger partial charge in [0.1, 0.15) is 22.0 Å². The van der Waals surface area contributed by atoms with Gasteiger partial charge in [-0.3, -0.25) is 9.59 Å². The first-order valence-electron chi connectivity index (χ1n) is 8.75. The predicted octanol–water partition coefficient (Wildman–Crippen LogP) is 4.36. The predicted molar refractivity (Wildman–Crippen MR) is 116 cm³/mol. The summed E-state index contributed by atoms with van der Waals surface area (Å²) in [6.45, 7) is 5.59. The molecule has 9 nitrogen and oxygen atoms in total. The lowest BCUT2D eigenvalue weighted by Crippen LogP contribution is -2.35. The molecule has 0 aliphatic rings. The van der Waals surface area contributed by atoms with Gasteiger partial charge in [-0.25, -0.2) is 9.78 Å². The van der Waals surface area contributed by atoms with Crippen LogP contribution in [0.15, 0.2) is 32.5 Å². The van der Waals surface area contributed by atoms with Gasteiger partial charge in [0.15, 0.2) is 0 Å². The molecule has 3 aromatic rings. The minimum absolute atomic E-state index is 0.0798. The number of aromatic nitrogens is 1. The Hall–Kier alpha value is -2.92. The Morgan fingerprint density at radius 2 is 2.00 bits per heavy atom. The normalized spacial score (nSPS) is 12.5. The zero-order chi connectivity index (χ0) is 22.2. The van der Waals surface area contributed by atoms with Crippen LogP contribution in [0.4, 0.5) is 10.5 Å². The van der Waals surface area contributed by atoms with Gasteiger partial charge in [-0.05, 0) is 23.6 Å². The van der Waals surface area contributed by atoms with Crippen LogP contribution in [-0.4, -0.2) is 28.0 Å². The van der Waals surface area contributed by atoms with Crippen LogP contribution in [0.25, 0.3) is 11.0 Å². The Kier molecular flexibility index (Phi) is 5.86. The number of nitrogens with one attached hydrogen (secondary N) is 2. The molecule has 0 saturated carbocycles. The summed E-state index contributed by atoms with van der Waals surface area (Å²) in [5.74, 6) is -1.58. The lowest BCUT2D eigenvalue weighted by Gasteiger charge is -2.28. The van der Waals surface area contributed by atoms with E-state index in [9.17, 15) is 14.4 Å². The first-order chi connectivity index (χ1) is 14.0. The molecule has 2 aromatic heterocycles. The number of carbonyl (C=O) groups is 3. The zero-order valence-corrected chi connectivity index (χ0v) is 18.7. The fourth-order valence-corrected chi connectivity index (χ4v) is 4.29. The average molecular weight is 495 g/mol. The van der Waals surface area contributed by atoms with E-state index < -0.39 is 29.4 Å². The van der Waals surface area contributed by atoms with E-state index in [1.165, 1.54) is 5.38 Å². The molecule has 2 heterocycles. The van der Waals surface area contributed by atoms with Crippen LogP contribution in [-0.2, 0) is 0 Å². The molecular formula is C19H19BrN4O5S. The van der Waals surface area contributed by atoms with Crippen LogP contribution in [0, 0.1) is 5.41 Å². The van der Waals surface area contributed by atoms with E-state index in [1.807, 2.05) is 20.8 Å². The highest BCUT2D eigenvalue weighted by atomic mass is 79.9. The van der Waals surface area contributed by atoms with Gasteiger partial charge in [0, 0.05) is 15.2 Å². The SMILES string of the molecule is CC(C)(C)C(NC(=O)O)c1nc(C(=O)Nc2c(C(N)=O)oc3ccc(Br)cc23)cs1. The van der Waals surface area contributed by atoms with Gasteiger partial charge in [-0.15, -0.1) is 11.3 Å². The van der Waals surface area contributed by atoms with Gasteiger partial charge in [0.25, 0.3) is 11.8 Å². The standard InChI is InChI=1S/C19H19BrN4O5S/c1-19(2,3)14(24-18(27)28)17-22-10(7-30-17)16(26)23-12-9-6-8(20)4-5-11(9)29-13(12)15(21)25/h4-7,14,24H,1-3H3,(H2,21,25)(H,23,26)(H,27,28). The molecule has 30 heavy (non-hydrogen) atoms. The van der Waals surface area contributed by atoms with Crippen LogP contribution in [0.3, 0.4) is 0 Å². The lowest BCUT2D eigenvalue weighted by molar-refractivity contribution is 0.0977. The summed E-state index contributed by atoms with van der Waals surface area (Å²) >= 11 is 4.51. The molecule has 0 aliphatic carbocycles. The molecule has 5 N–H and O–H groups in total. The topological polar surface area (TPSA) is 148 Å². The second-order valence-electron chi connectivity index (χ2n) is 7.58. The smallest absolute Gasteiger partial charge is 0.405 e. The maximum absolute atomic E-state index is 12.8. The fraction of sp³-hybridized carbons (Fsp3) is 0.263. The zero-order valence-electron chi connectivity index (χ0n) is 16.3. The number of halogens is 1. The largest absolute Gasteiger partial charge is 0.465 e. The van der Waals surface area contributed by atoms with Crippen molar-refractivity contribution in [1.82, 2.24) is 10.3 Å². The Morgan fingerprint density at radius 1 is 1.30 bits per heavy atom. The van der Waals surface area contributed by atoms with Crippen molar-refractivity contribution < 1.29 is 23.9 Å². The van der Waals surface area contributed by atoms with Gasteiger partial charge in [0.05, 0.1) is 6.04 Å². The highest BCUT2D eigenvalue weighted by molar-refractivity contribution is 9.10. The molecule has 11 heteroatoms. The van der Waals surface area contributed by atoms with Crippen LogP contribution in [0.5, 0.6) is 0 Å². The van der Waals surface area contributed by atoms with Crippen molar-refractivity contribution in [2.45, 2.75) is 26.8 Å². The molecule has 158 valence electrons. The number of hydrogen-bond acceptors (Lipinski definition) is 6. The number of anilines is 1. The van der Waals surface area contributed by atoms with E-state index in [1.54, 1.807) is 18.2 Å². The van der Waals surface area contributed by atoms with Gasteiger partial charge in [-0.1, -0.05) is 36.7 Å². The molecule has 1 unspecified atom stereocenters. The number of fused-ring (bicyclic) bond motifs is 1. The Labute approximate surface area is 183 Å². The van der Waals surface area contributed by atoms with Crippen molar-refractivity contribution in [3.05, 3.63) is 44.5 Å². The molecule has 1 atom stereocenters. The minimum Gasteiger partial charge on any atom is -0.465 e. The number of thiazole rings is 1. The summed E-state index contributed by atoms with van der Waals surface area (Å²) in [7, 11) is 0. The van der Waals surface area contributed by atoms with Crippen LogP contribution >= 0.6 is 27.3 Å². The summed E-state index contributed by atoms with van der Waals surface area (Å²) in [5.41, 5.74) is 5.55. The third kappa shape index (κ3) is 4.46.